The lowest BCUT2D eigenvalue weighted by Gasteiger charge is -2.27. The molecule has 1 amide bonds. The molecule has 5 heterocycles. The molecule has 2 aliphatic rings. The highest BCUT2D eigenvalue weighted by atomic mass is 79.9. The average molecular weight is 665 g/mol. The van der Waals surface area contributed by atoms with E-state index < -0.39 is 12.7 Å². The van der Waals surface area contributed by atoms with E-state index in [1.807, 2.05) is 0 Å². The second-order valence-corrected chi connectivity index (χ2v) is 12.5. The van der Waals surface area contributed by atoms with Crippen LogP contribution in [0.2, 0.25) is 0 Å². The summed E-state index contributed by atoms with van der Waals surface area (Å²) in [4.78, 5) is 59.4. The number of halogens is 2. The third-order valence-electron chi connectivity index (χ3n) is 8.48. The molecule has 6 rings (SSSR count). The molecule has 13 heteroatoms. The quantitative estimate of drug-likeness (QED) is 0.131. The van der Waals surface area contributed by atoms with Gasteiger partial charge in [-0.2, -0.15) is 5.10 Å². The Labute approximate surface area is 261 Å². The van der Waals surface area contributed by atoms with Crippen molar-refractivity contribution in [2.45, 2.75) is 65.3 Å². The molecule has 228 valence electrons. The van der Waals surface area contributed by atoms with Crippen LogP contribution < -0.4 is 0 Å². The molecule has 1 aliphatic carbocycles. The first-order valence-corrected chi connectivity index (χ1v) is 15.2. The highest BCUT2D eigenvalue weighted by Gasteiger charge is 2.64. The molecule has 0 radical (unpaired) electrons. The number of likely N-dealkylation sites (tertiary alicyclic amines) is 1. The number of fused-ring (bicyclic) bond motifs is 2. The molecular formula is C31H31BrFN7O4. The van der Waals surface area contributed by atoms with Gasteiger partial charge in [0.1, 0.15) is 29.3 Å². The Morgan fingerprint density at radius 3 is 2.64 bits per heavy atom. The van der Waals surface area contributed by atoms with Gasteiger partial charge in [-0.25, -0.2) is 19.3 Å². The van der Waals surface area contributed by atoms with E-state index in [-0.39, 0.29) is 60.8 Å². The van der Waals surface area contributed by atoms with Gasteiger partial charge in [-0.05, 0) is 58.8 Å². The van der Waals surface area contributed by atoms with Crippen molar-refractivity contribution in [3.63, 3.8) is 0 Å². The smallest absolute Gasteiger partial charge is 0.245 e. The summed E-state index contributed by atoms with van der Waals surface area (Å²) >= 11 is 3.37. The maximum atomic E-state index is 13.9. The molecule has 44 heavy (non-hydrogen) atoms. The van der Waals surface area contributed by atoms with E-state index in [0.29, 0.717) is 50.3 Å². The van der Waals surface area contributed by atoms with E-state index in [9.17, 15) is 18.8 Å². The number of amides is 1. The zero-order chi connectivity index (χ0) is 31.2. The predicted molar refractivity (Wildman–Crippen MR) is 161 cm³/mol. The van der Waals surface area contributed by atoms with Crippen LogP contribution in [0.5, 0.6) is 0 Å². The van der Waals surface area contributed by atoms with Crippen LogP contribution >= 0.6 is 15.9 Å². The van der Waals surface area contributed by atoms with Crippen molar-refractivity contribution in [1.82, 2.24) is 34.6 Å². The van der Waals surface area contributed by atoms with Crippen molar-refractivity contribution < 1.29 is 23.5 Å². The second-order valence-electron chi connectivity index (χ2n) is 11.7. The Balaban J connectivity index is 1.25. The van der Waals surface area contributed by atoms with Gasteiger partial charge in [0.15, 0.2) is 11.6 Å². The molecular weight excluding hydrogens is 633 g/mol. The van der Waals surface area contributed by atoms with Gasteiger partial charge < -0.3 is 9.64 Å². The van der Waals surface area contributed by atoms with E-state index in [4.69, 9.17) is 4.74 Å². The maximum Gasteiger partial charge on any atom is 0.245 e. The highest BCUT2D eigenvalue weighted by molar-refractivity contribution is 9.10. The third-order valence-corrected chi connectivity index (χ3v) is 8.92. The minimum atomic E-state index is -0.619. The zero-order valence-corrected chi connectivity index (χ0v) is 26.2. The van der Waals surface area contributed by atoms with Crippen LogP contribution in [0.3, 0.4) is 0 Å². The van der Waals surface area contributed by atoms with Gasteiger partial charge in [0, 0.05) is 36.3 Å². The van der Waals surface area contributed by atoms with Gasteiger partial charge >= 0.3 is 0 Å². The first kappa shape index (κ1) is 30.1. The molecule has 1 aliphatic heterocycles. The van der Waals surface area contributed by atoms with Gasteiger partial charge in [-0.15, -0.1) is 0 Å². The number of carbonyl (C=O) groups excluding carboxylic acids is 3. The molecule has 0 N–H and O–H groups in total. The molecule has 1 saturated heterocycles. The second kappa shape index (κ2) is 11.8. The number of ether oxygens (including phenoxy) is 1. The minimum absolute atomic E-state index is 0.0135. The summed E-state index contributed by atoms with van der Waals surface area (Å²) in [6.45, 7) is 4.66. The molecule has 0 spiro atoms. The number of nitrogens with zero attached hydrogens (tertiary/aromatic N) is 7. The van der Waals surface area contributed by atoms with Gasteiger partial charge in [0.2, 0.25) is 5.91 Å². The Bertz CT molecular complexity index is 1780. The van der Waals surface area contributed by atoms with Gasteiger partial charge in [0.05, 0.1) is 48.8 Å². The van der Waals surface area contributed by atoms with Crippen molar-refractivity contribution >= 4 is 44.3 Å². The number of hydrogen-bond acceptors (Lipinski definition) is 9. The lowest BCUT2D eigenvalue weighted by Crippen LogP contribution is -2.45. The van der Waals surface area contributed by atoms with E-state index in [1.165, 1.54) is 11.6 Å². The standard InChI is InChI=1S/C31H31BrFN7O4/c1-17(41)30-21-8-22(20-12-34-18(2)35-13-20)36-14-25(21)39(38-30)15-29(43)40-24(10-31(3)11-27(31)40)26(42)9-23-19(16-44-7-6-33)4-5-28(32)37-23/h4-5,8,12-14,24,27H,6-7,9-11,15-16H2,1-3H3/t24-,27+,31-/m0/s1. The van der Waals surface area contributed by atoms with Crippen molar-refractivity contribution in [2.75, 3.05) is 13.3 Å². The number of ketones is 2. The maximum absolute atomic E-state index is 13.9. The predicted octanol–water partition coefficient (Wildman–Crippen LogP) is 4.23. The monoisotopic (exact) mass is 663 g/mol. The summed E-state index contributed by atoms with van der Waals surface area (Å²) in [6, 6.07) is 4.64. The molecule has 0 unspecified atom stereocenters. The van der Waals surface area contributed by atoms with Crippen molar-refractivity contribution in [2.24, 2.45) is 5.41 Å². The molecule has 4 aromatic heterocycles. The van der Waals surface area contributed by atoms with E-state index in [0.717, 1.165) is 6.42 Å². The fourth-order valence-electron chi connectivity index (χ4n) is 6.06. The highest BCUT2D eigenvalue weighted by Crippen LogP contribution is 2.59. The number of carbonyl (C=O) groups is 3. The normalized spacial score (nSPS) is 20.6. The number of aromatic nitrogens is 6. The Hall–Kier alpha value is -3.97. The molecule has 0 aromatic carbocycles. The van der Waals surface area contributed by atoms with Crippen LogP contribution in [0.15, 0.2) is 41.4 Å². The zero-order valence-electron chi connectivity index (χ0n) is 24.6. The molecule has 4 aromatic rings. The molecule has 3 atom stereocenters. The first-order chi connectivity index (χ1) is 21.1. The summed E-state index contributed by atoms with van der Waals surface area (Å²) in [6.07, 6.45) is 6.32. The fourth-order valence-corrected chi connectivity index (χ4v) is 6.41. The Morgan fingerprint density at radius 1 is 1.14 bits per heavy atom. The van der Waals surface area contributed by atoms with Crippen LogP contribution in [-0.4, -0.2) is 77.5 Å². The minimum Gasteiger partial charge on any atom is -0.374 e. The first-order valence-electron chi connectivity index (χ1n) is 14.4. The van der Waals surface area contributed by atoms with Gasteiger partial charge in [-0.1, -0.05) is 13.0 Å². The van der Waals surface area contributed by atoms with Crippen molar-refractivity contribution in [1.29, 1.82) is 0 Å². The summed E-state index contributed by atoms with van der Waals surface area (Å²) in [7, 11) is 0. The molecule has 1 saturated carbocycles. The summed E-state index contributed by atoms with van der Waals surface area (Å²) in [5.74, 6) is 0.0200. The third kappa shape index (κ3) is 5.77. The average Bonchev–Trinajstić information content (AvgIpc) is 3.35. The molecule has 11 nitrogen and oxygen atoms in total. The number of rotatable bonds is 11. The SMILES string of the molecule is CC(=O)c1nn(CC(=O)N2[C@H](C(=O)Cc3nc(Br)ccc3COCCF)C[C@@]3(C)C[C@@H]23)c2cnc(-c3cnc(C)nc3)cc12. The van der Waals surface area contributed by atoms with E-state index in [1.54, 1.807) is 48.6 Å². The Morgan fingerprint density at radius 2 is 1.91 bits per heavy atom. The number of piperidine rings is 1. The van der Waals surface area contributed by atoms with Crippen LogP contribution in [0.25, 0.3) is 22.2 Å². The molecule has 2 fully saturated rings. The number of alkyl halides is 1. The van der Waals surface area contributed by atoms with Crippen LogP contribution in [0, 0.1) is 12.3 Å². The van der Waals surface area contributed by atoms with E-state index >= 15 is 0 Å². The number of Topliss-reactive ketones (excluding diaryl/α,β-unsaturated/α-hetero) is 2. The number of pyridine rings is 2. The molecule has 0 bridgehead atoms. The lowest BCUT2D eigenvalue weighted by atomic mass is 9.96. The Kier molecular flexibility index (Phi) is 8.10. The van der Waals surface area contributed by atoms with Crippen LogP contribution in [-0.2, 0) is 33.9 Å². The number of aryl methyl sites for hydroxylation is 1. The number of hydrogen-bond donors (Lipinski definition) is 0. The van der Waals surface area contributed by atoms with Crippen molar-refractivity contribution in [3.05, 3.63) is 64.2 Å². The van der Waals surface area contributed by atoms with Gasteiger partial charge in [0.25, 0.3) is 0 Å². The van der Waals surface area contributed by atoms with Crippen LogP contribution in [0.4, 0.5) is 4.39 Å². The summed E-state index contributed by atoms with van der Waals surface area (Å²) in [5, 5.41) is 5.08. The summed E-state index contributed by atoms with van der Waals surface area (Å²) < 4.78 is 20.0. The topological polar surface area (TPSA) is 133 Å². The largest absolute Gasteiger partial charge is 0.374 e. The lowest BCUT2D eigenvalue weighted by molar-refractivity contribution is -0.139. The van der Waals surface area contributed by atoms with E-state index in [2.05, 4.69) is 47.9 Å². The fraction of sp³-hybridized carbons (Fsp3) is 0.419. The van der Waals surface area contributed by atoms with Crippen molar-refractivity contribution in [3.8, 4) is 11.3 Å². The van der Waals surface area contributed by atoms with Gasteiger partial charge in [-0.3, -0.25) is 24.0 Å². The summed E-state index contributed by atoms with van der Waals surface area (Å²) in [5.41, 5.74) is 3.16. The van der Waals surface area contributed by atoms with Crippen LogP contribution in [0.1, 0.15) is 54.3 Å².